The predicted molar refractivity (Wildman–Crippen MR) is 63.8 cm³/mol. The van der Waals surface area contributed by atoms with Gasteiger partial charge in [0, 0.05) is 29.4 Å². The lowest BCUT2D eigenvalue weighted by molar-refractivity contribution is 0.112. The summed E-state index contributed by atoms with van der Waals surface area (Å²) >= 11 is 5.94. The fourth-order valence-corrected chi connectivity index (χ4v) is 1.90. The fourth-order valence-electron chi connectivity index (χ4n) is 1.73. The number of benzene rings is 1. The summed E-state index contributed by atoms with van der Waals surface area (Å²) in [5.74, 6) is 0. The maximum Gasteiger partial charge on any atom is 0.150 e. The second-order valence-corrected chi connectivity index (χ2v) is 4.09. The quantitative estimate of drug-likeness (QED) is 0.749. The van der Waals surface area contributed by atoms with Crippen molar-refractivity contribution >= 4 is 17.9 Å². The third kappa shape index (κ3) is 1.86. The van der Waals surface area contributed by atoms with Crippen LogP contribution in [0.15, 0.2) is 24.4 Å². The minimum atomic E-state index is 0.615. The SMILES string of the molecule is Cc1nn(C)cc1-c1cc(Cl)ccc1C=O. The van der Waals surface area contributed by atoms with Crippen molar-refractivity contribution in [3.8, 4) is 11.1 Å². The number of carbonyl (C=O) groups excluding carboxylic acids is 1. The summed E-state index contributed by atoms with van der Waals surface area (Å²) in [6, 6.07) is 5.22. The summed E-state index contributed by atoms with van der Waals surface area (Å²) in [6.07, 6.45) is 2.71. The van der Waals surface area contributed by atoms with E-state index in [-0.39, 0.29) is 0 Å². The van der Waals surface area contributed by atoms with Crippen LogP contribution in [0.4, 0.5) is 0 Å². The molecule has 0 aliphatic rings. The molecule has 2 aromatic rings. The summed E-state index contributed by atoms with van der Waals surface area (Å²) in [7, 11) is 1.85. The van der Waals surface area contributed by atoms with Crippen molar-refractivity contribution in [1.29, 1.82) is 0 Å². The fraction of sp³-hybridized carbons (Fsp3) is 0.167. The minimum Gasteiger partial charge on any atom is -0.298 e. The number of hydrogen-bond acceptors (Lipinski definition) is 2. The number of nitrogens with zero attached hydrogens (tertiary/aromatic N) is 2. The zero-order chi connectivity index (χ0) is 11.7. The van der Waals surface area contributed by atoms with Gasteiger partial charge in [-0.2, -0.15) is 5.10 Å². The highest BCUT2D eigenvalue weighted by Gasteiger charge is 2.10. The average molecular weight is 235 g/mol. The van der Waals surface area contributed by atoms with Crippen LogP contribution in [0.25, 0.3) is 11.1 Å². The molecule has 0 aliphatic heterocycles. The zero-order valence-corrected chi connectivity index (χ0v) is 9.82. The predicted octanol–water partition coefficient (Wildman–Crippen LogP) is 2.86. The molecule has 0 saturated carbocycles. The first-order valence-corrected chi connectivity index (χ1v) is 5.25. The molecule has 82 valence electrons. The maximum absolute atomic E-state index is 11.0. The molecule has 3 nitrogen and oxygen atoms in total. The van der Waals surface area contributed by atoms with E-state index in [1.807, 2.05) is 20.2 Å². The van der Waals surface area contributed by atoms with Gasteiger partial charge in [-0.15, -0.1) is 0 Å². The Bertz CT molecular complexity index is 546. The highest BCUT2D eigenvalue weighted by molar-refractivity contribution is 6.31. The van der Waals surface area contributed by atoms with E-state index >= 15 is 0 Å². The smallest absolute Gasteiger partial charge is 0.150 e. The molecule has 0 saturated heterocycles. The molecule has 1 heterocycles. The Kier molecular flexibility index (Phi) is 2.79. The van der Waals surface area contributed by atoms with Gasteiger partial charge in [-0.05, 0) is 30.7 Å². The van der Waals surface area contributed by atoms with Crippen LogP contribution in [0.5, 0.6) is 0 Å². The van der Waals surface area contributed by atoms with Crippen LogP contribution in [-0.4, -0.2) is 16.1 Å². The lowest BCUT2D eigenvalue weighted by atomic mass is 10.0. The summed E-state index contributed by atoms with van der Waals surface area (Å²) in [5, 5.41) is 4.86. The molecule has 1 aromatic carbocycles. The number of aromatic nitrogens is 2. The van der Waals surface area contributed by atoms with Crippen LogP contribution in [0.3, 0.4) is 0 Å². The van der Waals surface area contributed by atoms with Gasteiger partial charge in [0.1, 0.15) is 0 Å². The Morgan fingerprint density at radius 2 is 2.12 bits per heavy atom. The van der Waals surface area contributed by atoms with Gasteiger partial charge in [0.15, 0.2) is 6.29 Å². The third-order valence-electron chi connectivity index (χ3n) is 2.45. The van der Waals surface area contributed by atoms with Crippen LogP contribution in [0.1, 0.15) is 16.1 Å². The van der Waals surface area contributed by atoms with E-state index < -0.39 is 0 Å². The Morgan fingerprint density at radius 3 is 2.69 bits per heavy atom. The largest absolute Gasteiger partial charge is 0.298 e. The van der Waals surface area contributed by atoms with Gasteiger partial charge in [-0.1, -0.05) is 11.6 Å². The number of hydrogen-bond donors (Lipinski definition) is 0. The van der Waals surface area contributed by atoms with Crippen LogP contribution >= 0.6 is 11.6 Å². The Hall–Kier alpha value is -1.61. The third-order valence-corrected chi connectivity index (χ3v) is 2.68. The lowest BCUT2D eigenvalue weighted by Gasteiger charge is -2.03. The zero-order valence-electron chi connectivity index (χ0n) is 9.07. The highest BCUT2D eigenvalue weighted by Crippen LogP contribution is 2.28. The van der Waals surface area contributed by atoms with Gasteiger partial charge in [-0.25, -0.2) is 0 Å². The van der Waals surface area contributed by atoms with Gasteiger partial charge < -0.3 is 0 Å². The Balaban J connectivity index is 2.66. The van der Waals surface area contributed by atoms with Gasteiger partial charge in [0.25, 0.3) is 0 Å². The summed E-state index contributed by atoms with van der Waals surface area (Å²) in [6.45, 7) is 1.91. The minimum absolute atomic E-state index is 0.615. The molecule has 16 heavy (non-hydrogen) atoms. The van der Waals surface area contributed by atoms with E-state index in [0.717, 1.165) is 23.1 Å². The number of aryl methyl sites for hydroxylation is 2. The summed E-state index contributed by atoms with van der Waals surface area (Å²) in [5.41, 5.74) is 3.27. The molecule has 4 heteroatoms. The lowest BCUT2D eigenvalue weighted by Crippen LogP contribution is -1.88. The monoisotopic (exact) mass is 234 g/mol. The van der Waals surface area contributed by atoms with E-state index in [1.54, 1.807) is 22.9 Å². The van der Waals surface area contributed by atoms with Crippen molar-refractivity contribution in [2.24, 2.45) is 7.05 Å². The maximum atomic E-state index is 11.0. The van der Waals surface area contributed by atoms with Crippen molar-refractivity contribution in [2.45, 2.75) is 6.92 Å². The number of halogens is 1. The number of rotatable bonds is 2. The molecule has 2 rings (SSSR count). The summed E-state index contributed by atoms with van der Waals surface area (Å²) in [4.78, 5) is 11.0. The van der Waals surface area contributed by atoms with Gasteiger partial charge >= 0.3 is 0 Å². The van der Waals surface area contributed by atoms with Crippen molar-refractivity contribution in [3.63, 3.8) is 0 Å². The molecule has 0 amide bonds. The second kappa shape index (κ2) is 4.10. The van der Waals surface area contributed by atoms with Crippen molar-refractivity contribution in [2.75, 3.05) is 0 Å². The first kappa shape index (κ1) is 10.9. The standard InChI is InChI=1S/C12H11ClN2O/c1-8-12(6-15(2)14-8)11-5-10(13)4-3-9(11)7-16/h3-7H,1-2H3. The van der Waals surface area contributed by atoms with Crippen LogP contribution < -0.4 is 0 Å². The van der Waals surface area contributed by atoms with Gasteiger partial charge in [0.05, 0.1) is 5.69 Å². The highest BCUT2D eigenvalue weighted by atomic mass is 35.5. The second-order valence-electron chi connectivity index (χ2n) is 3.65. The van der Waals surface area contributed by atoms with E-state index in [9.17, 15) is 4.79 Å². The Labute approximate surface area is 98.7 Å². The van der Waals surface area contributed by atoms with Crippen LogP contribution in [0.2, 0.25) is 5.02 Å². The molecule has 0 radical (unpaired) electrons. The van der Waals surface area contributed by atoms with Crippen molar-refractivity contribution in [1.82, 2.24) is 9.78 Å². The number of aldehydes is 1. The number of carbonyl (C=O) groups is 1. The van der Waals surface area contributed by atoms with E-state index in [0.29, 0.717) is 10.6 Å². The van der Waals surface area contributed by atoms with E-state index in [2.05, 4.69) is 5.10 Å². The molecule has 0 N–H and O–H groups in total. The van der Waals surface area contributed by atoms with Crippen molar-refractivity contribution < 1.29 is 4.79 Å². The molecular weight excluding hydrogens is 224 g/mol. The van der Waals surface area contributed by atoms with Crippen LogP contribution in [-0.2, 0) is 7.05 Å². The first-order chi connectivity index (χ1) is 7.61. The molecule has 0 unspecified atom stereocenters. The molecule has 0 atom stereocenters. The molecule has 0 fully saturated rings. The molecular formula is C12H11ClN2O. The van der Waals surface area contributed by atoms with Crippen molar-refractivity contribution in [3.05, 3.63) is 40.7 Å². The van der Waals surface area contributed by atoms with E-state index in [1.165, 1.54) is 0 Å². The molecule has 0 bridgehead atoms. The Morgan fingerprint density at radius 1 is 1.38 bits per heavy atom. The summed E-state index contributed by atoms with van der Waals surface area (Å²) < 4.78 is 1.72. The average Bonchev–Trinajstić information content (AvgIpc) is 2.57. The topological polar surface area (TPSA) is 34.9 Å². The van der Waals surface area contributed by atoms with E-state index in [4.69, 9.17) is 11.6 Å². The van der Waals surface area contributed by atoms with Gasteiger partial charge in [0.2, 0.25) is 0 Å². The molecule has 1 aromatic heterocycles. The van der Waals surface area contributed by atoms with Gasteiger partial charge in [-0.3, -0.25) is 9.48 Å². The normalized spacial score (nSPS) is 10.4. The molecule has 0 aliphatic carbocycles. The molecule has 0 spiro atoms. The first-order valence-electron chi connectivity index (χ1n) is 4.87. The van der Waals surface area contributed by atoms with Crippen LogP contribution in [0, 0.1) is 6.92 Å².